The van der Waals surface area contributed by atoms with E-state index in [4.69, 9.17) is 4.74 Å². The molecule has 0 bridgehead atoms. The predicted molar refractivity (Wildman–Crippen MR) is 72.5 cm³/mol. The lowest BCUT2D eigenvalue weighted by Gasteiger charge is -2.45. The van der Waals surface area contributed by atoms with Crippen molar-refractivity contribution in [2.75, 3.05) is 60.0 Å². The normalized spacial score (nSPS) is 21.9. The second-order valence-electron chi connectivity index (χ2n) is 5.61. The number of ether oxygens (including phenoxy) is 1. The molecule has 0 unspecified atom stereocenters. The number of rotatable bonds is 7. The Kier molecular flexibility index (Phi) is 6.41. The van der Waals surface area contributed by atoms with Crippen LogP contribution in [0.2, 0.25) is 0 Å². The molecule has 0 spiro atoms. The maximum Gasteiger partial charge on any atom is 0.0474 e. The first kappa shape index (κ1) is 14.9. The van der Waals surface area contributed by atoms with Crippen LogP contribution in [0.25, 0.3) is 0 Å². The van der Waals surface area contributed by atoms with Gasteiger partial charge in [-0.15, -0.1) is 0 Å². The Balaban J connectivity index is 2.08. The van der Waals surface area contributed by atoms with Gasteiger partial charge in [0.2, 0.25) is 0 Å². The van der Waals surface area contributed by atoms with Crippen LogP contribution in [-0.4, -0.2) is 75.4 Å². The highest BCUT2D eigenvalue weighted by Crippen LogP contribution is 2.18. The van der Waals surface area contributed by atoms with Crippen molar-refractivity contribution >= 4 is 0 Å². The number of methoxy groups -OCH3 is 1. The minimum atomic E-state index is 0.314. The second-order valence-corrected chi connectivity index (χ2v) is 5.61. The van der Waals surface area contributed by atoms with Gasteiger partial charge in [-0.05, 0) is 33.9 Å². The predicted octanol–water partition coefficient (Wildman–Crippen LogP) is 0.639. The molecule has 0 radical (unpaired) electrons. The van der Waals surface area contributed by atoms with Crippen molar-refractivity contribution < 1.29 is 4.74 Å². The van der Waals surface area contributed by atoms with E-state index >= 15 is 0 Å². The summed E-state index contributed by atoms with van der Waals surface area (Å²) in [5.74, 6) is 0. The van der Waals surface area contributed by atoms with Crippen LogP contribution in [0.3, 0.4) is 0 Å². The highest BCUT2D eigenvalue weighted by Gasteiger charge is 2.30. The zero-order valence-electron chi connectivity index (χ0n) is 12.0. The van der Waals surface area contributed by atoms with Crippen LogP contribution >= 0.6 is 0 Å². The van der Waals surface area contributed by atoms with Gasteiger partial charge >= 0.3 is 0 Å². The first-order valence-corrected chi connectivity index (χ1v) is 6.69. The Morgan fingerprint density at radius 2 is 2.00 bits per heavy atom. The van der Waals surface area contributed by atoms with Crippen LogP contribution in [0.5, 0.6) is 0 Å². The van der Waals surface area contributed by atoms with Crippen LogP contribution in [-0.2, 0) is 4.74 Å². The van der Waals surface area contributed by atoms with E-state index in [9.17, 15) is 0 Å². The molecule has 0 atom stereocenters. The summed E-state index contributed by atoms with van der Waals surface area (Å²) in [5, 5.41) is 3.47. The molecule has 0 aromatic heterocycles. The summed E-state index contributed by atoms with van der Waals surface area (Å²) in [7, 11) is 3.98. The van der Waals surface area contributed by atoms with E-state index in [1.54, 1.807) is 7.11 Å². The molecule has 4 nitrogen and oxygen atoms in total. The van der Waals surface area contributed by atoms with Gasteiger partial charge in [-0.1, -0.05) is 0 Å². The van der Waals surface area contributed by atoms with Gasteiger partial charge in [0.25, 0.3) is 0 Å². The van der Waals surface area contributed by atoms with Gasteiger partial charge in [-0.3, -0.25) is 9.80 Å². The summed E-state index contributed by atoms with van der Waals surface area (Å²) >= 11 is 0. The molecule has 1 saturated heterocycles. The van der Waals surface area contributed by atoms with Crippen molar-refractivity contribution in [2.24, 2.45) is 0 Å². The van der Waals surface area contributed by atoms with Crippen molar-refractivity contribution in [3.05, 3.63) is 0 Å². The third kappa shape index (κ3) is 5.34. The van der Waals surface area contributed by atoms with Crippen molar-refractivity contribution in [2.45, 2.75) is 25.8 Å². The molecule has 1 rings (SSSR count). The SMILES string of the molecule is COCCCNCCN1CCN(C)C(C)(C)C1. The molecule has 1 N–H and O–H groups in total. The Labute approximate surface area is 106 Å². The molecule has 102 valence electrons. The van der Waals surface area contributed by atoms with Crippen LogP contribution in [0.4, 0.5) is 0 Å². The third-order valence-electron chi connectivity index (χ3n) is 3.70. The lowest BCUT2D eigenvalue weighted by Crippen LogP contribution is -2.58. The van der Waals surface area contributed by atoms with Crippen molar-refractivity contribution in [1.82, 2.24) is 15.1 Å². The first-order chi connectivity index (χ1) is 8.06. The molecular formula is C13H29N3O. The maximum absolute atomic E-state index is 5.02. The number of hydrogen-bond donors (Lipinski definition) is 1. The van der Waals surface area contributed by atoms with Gasteiger partial charge in [-0.25, -0.2) is 0 Å². The van der Waals surface area contributed by atoms with Crippen molar-refractivity contribution in [1.29, 1.82) is 0 Å². The fraction of sp³-hybridized carbons (Fsp3) is 1.00. The van der Waals surface area contributed by atoms with E-state index in [1.807, 2.05) is 0 Å². The van der Waals surface area contributed by atoms with Gasteiger partial charge in [0.05, 0.1) is 0 Å². The average molecular weight is 243 g/mol. The van der Waals surface area contributed by atoms with Gasteiger partial charge in [0.1, 0.15) is 0 Å². The quantitative estimate of drug-likeness (QED) is 0.664. The molecule has 0 saturated carbocycles. The second kappa shape index (κ2) is 7.31. The van der Waals surface area contributed by atoms with Gasteiger partial charge < -0.3 is 10.1 Å². The third-order valence-corrected chi connectivity index (χ3v) is 3.70. The standard InChI is InChI=1S/C13H29N3O/c1-13(2)12-16(10-9-15(13)3)8-7-14-6-5-11-17-4/h14H,5-12H2,1-4H3. The molecule has 1 fully saturated rings. The Bertz CT molecular complexity index is 209. The van der Waals surface area contributed by atoms with Crippen LogP contribution in [0.1, 0.15) is 20.3 Å². The zero-order valence-corrected chi connectivity index (χ0v) is 12.0. The van der Waals surface area contributed by atoms with E-state index < -0.39 is 0 Å². The zero-order chi connectivity index (χ0) is 12.7. The molecule has 1 aliphatic heterocycles. The number of piperazine rings is 1. The summed E-state index contributed by atoms with van der Waals surface area (Å²) < 4.78 is 5.02. The molecule has 0 aromatic rings. The molecule has 0 amide bonds. The van der Waals surface area contributed by atoms with Gasteiger partial charge in [-0.2, -0.15) is 0 Å². The van der Waals surface area contributed by atoms with Crippen LogP contribution in [0.15, 0.2) is 0 Å². The number of nitrogens with zero attached hydrogens (tertiary/aromatic N) is 2. The first-order valence-electron chi connectivity index (χ1n) is 6.69. The number of nitrogens with one attached hydrogen (secondary N) is 1. The van der Waals surface area contributed by atoms with Crippen LogP contribution < -0.4 is 5.32 Å². The maximum atomic E-state index is 5.02. The minimum Gasteiger partial charge on any atom is -0.385 e. The molecule has 0 aliphatic carbocycles. The lowest BCUT2D eigenvalue weighted by atomic mass is 10.00. The molecule has 0 aromatic carbocycles. The monoisotopic (exact) mass is 243 g/mol. The summed E-state index contributed by atoms with van der Waals surface area (Å²) in [6.45, 7) is 12.4. The van der Waals surface area contributed by atoms with Gasteiger partial charge in [0.15, 0.2) is 0 Å². The summed E-state index contributed by atoms with van der Waals surface area (Å²) in [6.07, 6.45) is 1.10. The molecule has 17 heavy (non-hydrogen) atoms. The van der Waals surface area contributed by atoms with E-state index in [-0.39, 0.29) is 0 Å². The van der Waals surface area contributed by atoms with E-state index in [0.29, 0.717) is 5.54 Å². The minimum absolute atomic E-state index is 0.314. The smallest absolute Gasteiger partial charge is 0.0474 e. The summed E-state index contributed by atoms with van der Waals surface area (Å²) in [4.78, 5) is 5.01. The topological polar surface area (TPSA) is 27.7 Å². The van der Waals surface area contributed by atoms with E-state index in [0.717, 1.165) is 32.7 Å². The number of likely N-dealkylation sites (N-methyl/N-ethyl adjacent to an activating group) is 1. The lowest BCUT2D eigenvalue weighted by molar-refractivity contribution is 0.0407. The molecular weight excluding hydrogens is 214 g/mol. The Hall–Kier alpha value is -0.160. The fourth-order valence-corrected chi connectivity index (χ4v) is 2.24. The Morgan fingerprint density at radius 3 is 2.65 bits per heavy atom. The summed E-state index contributed by atoms with van der Waals surface area (Å²) in [5.41, 5.74) is 0.314. The molecule has 4 heteroatoms. The summed E-state index contributed by atoms with van der Waals surface area (Å²) in [6, 6.07) is 0. The Morgan fingerprint density at radius 1 is 1.24 bits per heavy atom. The highest BCUT2D eigenvalue weighted by atomic mass is 16.5. The van der Waals surface area contributed by atoms with Crippen molar-refractivity contribution in [3.8, 4) is 0 Å². The van der Waals surface area contributed by atoms with Gasteiger partial charge in [0, 0.05) is 52.0 Å². The highest BCUT2D eigenvalue weighted by molar-refractivity contribution is 4.88. The largest absolute Gasteiger partial charge is 0.385 e. The van der Waals surface area contributed by atoms with Crippen LogP contribution in [0, 0.1) is 0 Å². The van der Waals surface area contributed by atoms with E-state index in [1.165, 1.54) is 19.6 Å². The van der Waals surface area contributed by atoms with Crippen molar-refractivity contribution in [3.63, 3.8) is 0 Å². The van der Waals surface area contributed by atoms with E-state index in [2.05, 4.69) is 36.0 Å². The molecule has 1 heterocycles. The molecule has 1 aliphatic rings. The number of hydrogen-bond acceptors (Lipinski definition) is 4. The fourth-order valence-electron chi connectivity index (χ4n) is 2.24. The average Bonchev–Trinajstić information content (AvgIpc) is 2.28.